The average Bonchev–Trinajstić information content (AvgIpc) is 2.26. The van der Waals surface area contributed by atoms with E-state index in [4.69, 9.17) is 61.6 Å². The fourth-order valence-corrected chi connectivity index (χ4v) is 15.5. The normalized spacial score (nSPS) is 47.9. The van der Waals surface area contributed by atoms with Crippen LogP contribution in [0.15, 0.2) is 35.9 Å². The second kappa shape index (κ2) is 24.6. The Kier molecular flexibility index (Phi) is 19.0. The number of benzene rings is 1. The van der Waals surface area contributed by atoms with Crippen LogP contribution in [0, 0.1) is 16.7 Å². The number of carbonyl (C=O) groups is 2. The third-order valence-electron chi connectivity index (χ3n) is 20.2. The molecule has 9 N–H and O–H groups in total. The van der Waals surface area contributed by atoms with E-state index >= 15 is 0 Å². The summed E-state index contributed by atoms with van der Waals surface area (Å²) in [4.78, 5) is 26.6. The maximum atomic E-state index is 13.6. The van der Waals surface area contributed by atoms with E-state index in [1.54, 1.807) is 66.1 Å². The predicted octanol–water partition coefficient (Wildman–Crippen LogP) is 1.50. The summed E-state index contributed by atoms with van der Waals surface area (Å²) in [7, 11) is 6.17. The van der Waals surface area contributed by atoms with Gasteiger partial charge in [-0.1, -0.05) is 37.6 Å². The third-order valence-corrected chi connectivity index (χ3v) is 20.2. The van der Waals surface area contributed by atoms with E-state index < -0.39 is 175 Å². The highest BCUT2D eigenvalue weighted by molar-refractivity contribution is 5.95. The molecule has 0 bridgehead atoms. The van der Waals surface area contributed by atoms with Gasteiger partial charge in [-0.25, -0.2) is 4.79 Å². The van der Waals surface area contributed by atoms with Crippen LogP contribution in [-0.2, 0) is 66.4 Å². The van der Waals surface area contributed by atoms with Crippen LogP contribution in [0.4, 0.5) is 5.69 Å². The van der Waals surface area contributed by atoms with Gasteiger partial charge in [-0.2, -0.15) is 0 Å². The Labute approximate surface area is 478 Å². The molecule has 464 valence electrons. The van der Waals surface area contributed by atoms with Crippen LogP contribution >= 0.6 is 0 Å². The molecule has 4 heterocycles. The Balaban J connectivity index is 0.817. The van der Waals surface area contributed by atoms with Gasteiger partial charge in [-0.3, -0.25) is 4.79 Å². The number of para-hydroxylation sites is 1. The van der Waals surface area contributed by atoms with Crippen LogP contribution in [0.5, 0.6) is 0 Å². The highest BCUT2D eigenvalue weighted by Gasteiger charge is 2.81. The third kappa shape index (κ3) is 10.9. The van der Waals surface area contributed by atoms with Crippen molar-refractivity contribution in [3.8, 4) is 0 Å². The summed E-state index contributed by atoms with van der Waals surface area (Å²) in [6, 6.07) is 6.83. The lowest BCUT2D eigenvalue weighted by molar-refractivity contribution is -0.373. The Bertz CT molecular complexity index is 2420. The van der Waals surface area contributed by atoms with Crippen molar-refractivity contribution in [2.45, 2.75) is 252 Å². The number of rotatable bonds is 17. The first kappa shape index (κ1) is 63.4. The van der Waals surface area contributed by atoms with Crippen LogP contribution in [0.3, 0.4) is 0 Å². The number of carbonyl (C=O) groups excluding carboxylic acids is 2. The number of methoxy groups -OCH3 is 3. The van der Waals surface area contributed by atoms with Gasteiger partial charge in [0.05, 0.1) is 54.2 Å². The number of fused-ring (bicyclic) bond motifs is 5. The Morgan fingerprint density at radius 2 is 1.34 bits per heavy atom. The molecule has 82 heavy (non-hydrogen) atoms. The smallest absolute Gasteiger partial charge is 0.340 e. The minimum atomic E-state index is -1.98. The number of esters is 2. The summed E-state index contributed by atoms with van der Waals surface area (Å²) in [6.45, 7) is 11.2. The molecule has 3 saturated carbocycles. The average molecular weight is 1170 g/mol. The summed E-state index contributed by atoms with van der Waals surface area (Å²) >= 11 is 0. The minimum absolute atomic E-state index is 0.0399. The van der Waals surface area contributed by atoms with E-state index in [2.05, 4.69) is 12.2 Å². The molecule has 0 aromatic heterocycles. The quantitative estimate of drug-likeness (QED) is 0.0788. The number of nitrogens with one attached hydrogen (secondary N) is 1. The lowest BCUT2D eigenvalue weighted by Crippen LogP contribution is -2.78. The van der Waals surface area contributed by atoms with E-state index in [-0.39, 0.29) is 43.8 Å². The van der Waals surface area contributed by atoms with Gasteiger partial charge in [0.15, 0.2) is 25.2 Å². The van der Waals surface area contributed by atoms with Gasteiger partial charge < -0.3 is 108 Å². The van der Waals surface area contributed by atoms with Gasteiger partial charge in [0.2, 0.25) is 0 Å². The molecule has 8 aliphatic rings. The van der Waals surface area contributed by atoms with E-state index in [1.807, 2.05) is 13.0 Å². The van der Waals surface area contributed by atoms with Crippen LogP contribution in [0.25, 0.3) is 0 Å². The highest BCUT2D eigenvalue weighted by Crippen LogP contribution is 2.71. The molecule has 0 spiro atoms. The lowest BCUT2D eigenvalue weighted by Gasteiger charge is -2.67. The molecule has 0 unspecified atom stereocenters. The van der Waals surface area contributed by atoms with Gasteiger partial charge in [-0.05, 0) is 90.2 Å². The van der Waals surface area contributed by atoms with Crippen molar-refractivity contribution in [3.05, 3.63) is 41.5 Å². The number of anilines is 1. The van der Waals surface area contributed by atoms with Crippen molar-refractivity contribution in [1.82, 2.24) is 0 Å². The molecule has 27 atom stereocenters. The molecule has 24 heteroatoms. The van der Waals surface area contributed by atoms with Crippen LogP contribution in [0.2, 0.25) is 0 Å². The number of aliphatic hydroxyl groups excluding tert-OH is 5. The molecule has 1 aromatic rings. The van der Waals surface area contributed by atoms with E-state index in [1.165, 1.54) is 21.1 Å². The molecule has 0 radical (unpaired) electrons. The molecule has 4 saturated heterocycles. The number of hydrogen-bond acceptors (Lipinski definition) is 24. The predicted molar refractivity (Wildman–Crippen MR) is 285 cm³/mol. The van der Waals surface area contributed by atoms with Crippen molar-refractivity contribution >= 4 is 17.6 Å². The Hall–Kier alpha value is -3.06. The molecule has 4 aliphatic heterocycles. The molecular formula is C58H89NO23. The first-order valence-electron chi connectivity index (χ1n) is 28.9. The van der Waals surface area contributed by atoms with Crippen molar-refractivity contribution in [2.75, 3.05) is 40.3 Å². The summed E-state index contributed by atoms with van der Waals surface area (Å²) in [5, 5.41) is 94.6. The Morgan fingerprint density at radius 1 is 0.732 bits per heavy atom. The zero-order valence-corrected chi connectivity index (χ0v) is 48.9. The maximum absolute atomic E-state index is 13.6. The molecule has 0 amide bonds. The zero-order chi connectivity index (χ0) is 59.6. The van der Waals surface area contributed by atoms with E-state index in [9.17, 15) is 50.4 Å². The highest BCUT2D eigenvalue weighted by atomic mass is 16.8. The number of aliphatic hydroxyl groups is 8. The standard InChI is InChI=1S/C58H89NO23/c1-27-47(80-42-24-37(71-10)48(28(2)74-42)81-53-46(65)50(72-11)49(29(3)75-53)82-52-45(64)44(63)43(62)38(26-60)79-52)36(70-9)23-41(73-27)78-33-17-18-54(6)32(22-33)16-19-57(68)39(54)25-40(77-31(5)61)55(7)56(67,20-21-58(55,57)69)30(4)76-51(66)34-14-12-13-15-35(34)59-8/h12-16,27-30,33,36-50,52-53,59-60,62-65,67-69H,17-26H2,1-11H3/t27-,28-,29-,30+,33+,36+,37-,38-,39-,40-,41+,42+,43-,44+,45-,46-,47-,48-,49-,50+,52+,53+,54+,55-,56-,57+,58-/m1/s1. The van der Waals surface area contributed by atoms with Crippen LogP contribution in [-0.4, -0.2) is 234 Å². The van der Waals surface area contributed by atoms with Gasteiger partial charge in [0, 0.05) is 59.7 Å². The molecule has 24 nitrogen and oxygen atoms in total. The Morgan fingerprint density at radius 3 is 1.96 bits per heavy atom. The van der Waals surface area contributed by atoms with Crippen molar-refractivity contribution in [3.63, 3.8) is 0 Å². The fourth-order valence-electron chi connectivity index (χ4n) is 15.5. The van der Waals surface area contributed by atoms with Gasteiger partial charge >= 0.3 is 11.9 Å². The molecular weight excluding hydrogens is 1080 g/mol. The molecule has 1 aromatic carbocycles. The van der Waals surface area contributed by atoms with Gasteiger partial charge in [0.25, 0.3) is 0 Å². The van der Waals surface area contributed by atoms with Crippen LogP contribution < -0.4 is 5.32 Å². The topological polar surface area (TPSA) is 328 Å². The number of ether oxygens (including phenoxy) is 13. The summed E-state index contributed by atoms with van der Waals surface area (Å²) in [6.07, 6.45) is -16.6. The van der Waals surface area contributed by atoms with Crippen molar-refractivity contribution in [1.29, 1.82) is 0 Å². The molecule has 7 fully saturated rings. The van der Waals surface area contributed by atoms with Crippen LogP contribution in [0.1, 0.15) is 117 Å². The zero-order valence-electron chi connectivity index (χ0n) is 48.9. The first-order chi connectivity index (χ1) is 38.8. The molecule has 4 aliphatic carbocycles. The summed E-state index contributed by atoms with van der Waals surface area (Å²) in [5.74, 6) is -1.88. The summed E-state index contributed by atoms with van der Waals surface area (Å²) < 4.78 is 80.1. The second-order valence-electron chi connectivity index (χ2n) is 24.5. The number of hydrogen-bond donors (Lipinski definition) is 9. The maximum Gasteiger partial charge on any atom is 0.340 e. The van der Waals surface area contributed by atoms with Gasteiger partial charge in [0.1, 0.15) is 83.9 Å². The SMILES string of the molecule is CNc1ccccc1C(=O)O[C@@H](C)[C@]1(O)CC[C@@]2(O)[C@]1(C)[C@H](OC(C)=O)C[C@@H]1[C@@]3(C)CC[C@H](O[C@H]4C[C@H](OC)[C@H](O[C@H]5C[C@@H](OC)[C@H](O[C@@H]6O[C@H](C)[C@@H](O[C@@H]7O[C@H](CO)[C@@H](O)[C@H](O)[C@H]7O)[C@@H](OC)[C@H]6O)[C@@H](C)O5)[C@@H](C)O4)CC3=CC[C@]12O. The molecule has 9 rings (SSSR count). The van der Waals surface area contributed by atoms with E-state index in [0.717, 1.165) is 5.57 Å². The first-order valence-corrected chi connectivity index (χ1v) is 28.9. The largest absolute Gasteiger partial charge is 0.462 e. The van der Waals surface area contributed by atoms with Crippen molar-refractivity contribution in [2.24, 2.45) is 16.7 Å². The monoisotopic (exact) mass is 1170 g/mol. The lowest BCUT2D eigenvalue weighted by atomic mass is 9.42. The van der Waals surface area contributed by atoms with Gasteiger partial charge in [-0.15, -0.1) is 0 Å². The minimum Gasteiger partial charge on any atom is -0.462 e. The van der Waals surface area contributed by atoms with E-state index in [0.29, 0.717) is 31.4 Å². The summed E-state index contributed by atoms with van der Waals surface area (Å²) in [5.41, 5.74) is -6.15. The fraction of sp³-hybridized carbons (Fsp3) is 0.828. The van der Waals surface area contributed by atoms with Crippen molar-refractivity contribution < 1.29 is 112 Å². The second-order valence-corrected chi connectivity index (χ2v) is 24.5.